The molecule has 0 saturated heterocycles. The van der Waals surface area contributed by atoms with Crippen molar-refractivity contribution >= 4 is 12.0 Å². The molecule has 1 unspecified atom stereocenters. The molecular formula is C14H24N2O4. The normalized spacial score (nSPS) is 16.8. The van der Waals surface area contributed by atoms with E-state index in [1.54, 1.807) is 12.0 Å². The van der Waals surface area contributed by atoms with E-state index in [4.69, 9.17) is 9.84 Å². The maximum Gasteiger partial charge on any atom is 0.326 e. The predicted molar refractivity (Wildman–Crippen MR) is 75.6 cm³/mol. The number of urea groups is 1. The molecule has 1 rings (SSSR count). The molecule has 0 aliphatic carbocycles. The van der Waals surface area contributed by atoms with Crippen LogP contribution in [0, 0.1) is 5.92 Å². The summed E-state index contributed by atoms with van der Waals surface area (Å²) >= 11 is 0. The number of carbonyl (C=O) groups is 2. The van der Waals surface area contributed by atoms with Gasteiger partial charge in [0.15, 0.2) is 0 Å². The van der Waals surface area contributed by atoms with Gasteiger partial charge in [0.05, 0.1) is 6.61 Å². The molecule has 6 nitrogen and oxygen atoms in total. The number of aliphatic carboxylic acids is 1. The van der Waals surface area contributed by atoms with E-state index in [2.05, 4.69) is 5.32 Å². The lowest BCUT2D eigenvalue weighted by Gasteiger charge is -2.28. The zero-order chi connectivity index (χ0) is 15.1. The molecule has 2 N–H and O–H groups in total. The van der Waals surface area contributed by atoms with Gasteiger partial charge in [-0.1, -0.05) is 19.9 Å². The molecule has 20 heavy (non-hydrogen) atoms. The minimum atomic E-state index is -0.986. The summed E-state index contributed by atoms with van der Waals surface area (Å²) in [6.45, 7) is 5.54. The maximum atomic E-state index is 12.0. The first-order valence-corrected chi connectivity index (χ1v) is 6.89. The highest BCUT2D eigenvalue weighted by Gasteiger charge is 2.24. The van der Waals surface area contributed by atoms with Crippen LogP contribution in [0.5, 0.6) is 0 Å². The van der Waals surface area contributed by atoms with Crippen molar-refractivity contribution in [3.05, 3.63) is 11.6 Å². The molecular weight excluding hydrogens is 260 g/mol. The van der Waals surface area contributed by atoms with Gasteiger partial charge in [-0.3, -0.25) is 0 Å². The van der Waals surface area contributed by atoms with Crippen molar-refractivity contribution in [2.45, 2.75) is 32.7 Å². The summed E-state index contributed by atoms with van der Waals surface area (Å²) in [5.74, 6) is -0.773. The van der Waals surface area contributed by atoms with E-state index < -0.39 is 12.0 Å². The Balaban J connectivity index is 2.52. The van der Waals surface area contributed by atoms with Crippen LogP contribution in [-0.2, 0) is 9.53 Å². The third-order valence-corrected chi connectivity index (χ3v) is 3.22. The van der Waals surface area contributed by atoms with Gasteiger partial charge in [-0.2, -0.15) is 0 Å². The molecule has 114 valence electrons. The Morgan fingerprint density at radius 2 is 2.20 bits per heavy atom. The van der Waals surface area contributed by atoms with E-state index in [9.17, 15) is 9.59 Å². The van der Waals surface area contributed by atoms with Gasteiger partial charge in [0, 0.05) is 20.2 Å². The summed E-state index contributed by atoms with van der Waals surface area (Å²) in [4.78, 5) is 24.8. The number of rotatable bonds is 6. The third kappa shape index (κ3) is 5.21. The van der Waals surface area contributed by atoms with Crippen LogP contribution in [0.4, 0.5) is 4.79 Å². The Hall–Kier alpha value is -1.56. The Kier molecular flexibility index (Phi) is 6.51. The second-order valence-electron chi connectivity index (χ2n) is 5.46. The van der Waals surface area contributed by atoms with Crippen molar-refractivity contribution in [2.75, 3.05) is 26.8 Å². The molecule has 1 aliphatic heterocycles. The van der Waals surface area contributed by atoms with Crippen molar-refractivity contribution < 1.29 is 19.4 Å². The standard InChI is InChI=1S/C14H24N2O4/c1-10(2)8-12(13(17)18)15-14(19)16-6-4-11(5-7-16)9-20-3/h4,10,12H,5-9H2,1-3H3,(H,15,19)(H,17,18). The van der Waals surface area contributed by atoms with E-state index in [-0.39, 0.29) is 11.9 Å². The lowest BCUT2D eigenvalue weighted by molar-refractivity contribution is -0.139. The topological polar surface area (TPSA) is 78.9 Å². The van der Waals surface area contributed by atoms with E-state index in [0.717, 1.165) is 6.42 Å². The predicted octanol–water partition coefficient (Wildman–Crippen LogP) is 1.47. The van der Waals surface area contributed by atoms with Crippen molar-refractivity contribution in [3.8, 4) is 0 Å². The molecule has 0 spiro atoms. The molecule has 2 amide bonds. The second-order valence-corrected chi connectivity index (χ2v) is 5.46. The number of nitrogens with zero attached hydrogens (tertiary/aromatic N) is 1. The molecule has 0 bridgehead atoms. The highest BCUT2D eigenvalue weighted by Crippen LogP contribution is 2.12. The largest absolute Gasteiger partial charge is 0.480 e. The average molecular weight is 284 g/mol. The third-order valence-electron chi connectivity index (χ3n) is 3.22. The zero-order valence-corrected chi connectivity index (χ0v) is 12.4. The SMILES string of the molecule is COCC1=CCN(C(=O)NC(CC(C)C)C(=O)O)CC1. The Morgan fingerprint density at radius 1 is 1.50 bits per heavy atom. The lowest BCUT2D eigenvalue weighted by atomic mass is 10.0. The fraction of sp³-hybridized carbons (Fsp3) is 0.714. The highest BCUT2D eigenvalue weighted by atomic mass is 16.5. The van der Waals surface area contributed by atoms with Crippen molar-refractivity contribution in [1.29, 1.82) is 0 Å². The number of carboxylic acids is 1. The molecule has 0 aromatic carbocycles. The van der Waals surface area contributed by atoms with Crippen LogP contribution in [-0.4, -0.2) is 54.9 Å². The van der Waals surface area contributed by atoms with Crippen LogP contribution in [0.25, 0.3) is 0 Å². The van der Waals surface area contributed by atoms with Gasteiger partial charge in [0.2, 0.25) is 0 Å². The van der Waals surface area contributed by atoms with Crippen LogP contribution in [0.2, 0.25) is 0 Å². The smallest absolute Gasteiger partial charge is 0.326 e. The number of amides is 2. The average Bonchev–Trinajstić information content (AvgIpc) is 2.38. The summed E-state index contributed by atoms with van der Waals surface area (Å²) in [5, 5.41) is 11.7. The molecule has 1 heterocycles. The van der Waals surface area contributed by atoms with Crippen LogP contribution in [0.1, 0.15) is 26.7 Å². The molecule has 1 atom stereocenters. The number of hydrogen-bond donors (Lipinski definition) is 2. The molecule has 6 heteroatoms. The van der Waals surface area contributed by atoms with E-state index in [1.807, 2.05) is 19.9 Å². The number of carbonyl (C=O) groups excluding carboxylic acids is 1. The minimum Gasteiger partial charge on any atom is -0.480 e. The summed E-state index contributed by atoms with van der Waals surface area (Å²) in [6.07, 6.45) is 3.16. The number of carboxylic acid groups (broad SMARTS) is 1. The molecule has 0 saturated carbocycles. The minimum absolute atomic E-state index is 0.214. The maximum absolute atomic E-state index is 12.0. The van der Waals surface area contributed by atoms with Crippen molar-refractivity contribution in [2.24, 2.45) is 5.92 Å². The quantitative estimate of drug-likeness (QED) is 0.724. The summed E-state index contributed by atoms with van der Waals surface area (Å²) < 4.78 is 5.05. The molecule has 0 aromatic heterocycles. The highest BCUT2D eigenvalue weighted by molar-refractivity contribution is 5.82. The van der Waals surface area contributed by atoms with Crippen LogP contribution >= 0.6 is 0 Å². The fourth-order valence-corrected chi connectivity index (χ4v) is 2.15. The number of methoxy groups -OCH3 is 1. The Bertz CT molecular complexity index is 379. The van der Waals surface area contributed by atoms with Gasteiger partial charge in [-0.15, -0.1) is 0 Å². The van der Waals surface area contributed by atoms with Gasteiger partial charge in [0.1, 0.15) is 6.04 Å². The summed E-state index contributed by atoms with van der Waals surface area (Å²) in [5.41, 5.74) is 1.17. The lowest BCUT2D eigenvalue weighted by Crippen LogP contribution is -2.49. The van der Waals surface area contributed by atoms with E-state index in [0.29, 0.717) is 26.1 Å². The molecule has 1 aliphatic rings. The molecule has 0 radical (unpaired) electrons. The fourth-order valence-electron chi connectivity index (χ4n) is 2.15. The van der Waals surface area contributed by atoms with E-state index >= 15 is 0 Å². The summed E-state index contributed by atoms with van der Waals surface area (Å²) in [7, 11) is 1.64. The molecule has 0 aromatic rings. The van der Waals surface area contributed by atoms with Gasteiger partial charge >= 0.3 is 12.0 Å². The second kappa shape index (κ2) is 7.89. The summed E-state index contributed by atoms with van der Waals surface area (Å²) in [6, 6.07) is -1.14. The monoisotopic (exact) mass is 284 g/mol. The van der Waals surface area contributed by atoms with Crippen molar-refractivity contribution in [1.82, 2.24) is 10.2 Å². The van der Waals surface area contributed by atoms with Crippen LogP contribution in [0.3, 0.4) is 0 Å². The number of nitrogens with one attached hydrogen (secondary N) is 1. The van der Waals surface area contributed by atoms with Crippen molar-refractivity contribution in [3.63, 3.8) is 0 Å². The molecule has 0 fully saturated rings. The Morgan fingerprint density at radius 3 is 2.65 bits per heavy atom. The Labute approximate surface area is 119 Å². The number of hydrogen-bond acceptors (Lipinski definition) is 3. The van der Waals surface area contributed by atoms with Crippen LogP contribution in [0.15, 0.2) is 11.6 Å². The van der Waals surface area contributed by atoms with E-state index in [1.165, 1.54) is 5.57 Å². The van der Waals surface area contributed by atoms with Gasteiger partial charge in [-0.05, 0) is 24.3 Å². The van der Waals surface area contributed by atoms with Gasteiger partial charge in [0.25, 0.3) is 0 Å². The van der Waals surface area contributed by atoms with Gasteiger partial charge < -0.3 is 20.1 Å². The van der Waals surface area contributed by atoms with Crippen LogP contribution < -0.4 is 5.32 Å². The van der Waals surface area contributed by atoms with Gasteiger partial charge in [-0.25, -0.2) is 9.59 Å². The zero-order valence-electron chi connectivity index (χ0n) is 12.4. The first-order chi connectivity index (χ1) is 9.43. The number of ether oxygens (including phenoxy) is 1. The first kappa shape index (κ1) is 16.5. The first-order valence-electron chi connectivity index (χ1n) is 6.89.